The predicted octanol–water partition coefficient (Wildman–Crippen LogP) is 2.95. The topological polar surface area (TPSA) is 127 Å². The first-order valence-electron chi connectivity index (χ1n) is 11.1. The van der Waals surface area contributed by atoms with Crippen molar-refractivity contribution in [1.82, 2.24) is 15.6 Å². The summed E-state index contributed by atoms with van der Waals surface area (Å²) in [5.74, 6) is -1.63. The average Bonchev–Trinajstić information content (AvgIpc) is 3.20. The lowest BCUT2D eigenvalue weighted by Crippen LogP contribution is -2.44. The summed E-state index contributed by atoms with van der Waals surface area (Å²) in [7, 11) is 1.35. The normalized spacial score (nSPS) is 12.8. The number of carboxylic acid groups (broad SMARTS) is 1. The van der Waals surface area contributed by atoms with E-state index in [2.05, 4.69) is 27.8 Å². The SMILES string of the molecule is COC(CNC(=O)OCC1c2ccccc2-c2ccccc21)C(=O)NCc1cc(C(=O)O)ccn1. The molecule has 0 bridgehead atoms. The molecule has 3 N–H and O–H groups in total. The second-order valence-corrected chi connectivity index (χ2v) is 7.99. The minimum Gasteiger partial charge on any atom is -0.478 e. The summed E-state index contributed by atoms with van der Waals surface area (Å²) < 4.78 is 10.7. The lowest BCUT2D eigenvalue weighted by Gasteiger charge is -2.17. The van der Waals surface area contributed by atoms with Crippen molar-refractivity contribution in [3.63, 3.8) is 0 Å². The van der Waals surface area contributed by atoms with Crippen LogP contribution < -0.4 is 10.6 Å². The Morgan fingerprint density at radius 3 is 2.29 bits per heavy atom. The second-order valence-electron chi connectivity index (χ2n) is 7.99. The molecular weight excluding hydrogens is 450 g/mol. The van der Waals surface area contributed by atoms with E-state index in [0.29, 0.717) is 5.69 Å². The fourth-order valence-electron chi connectivity index (χ4n) is 4.11. The number of pyridine rings is 1. The Hall–Kier alpha value is -4.24. The third-order valence-electron chi connectivity index (χ3n) is 5.86. The van der Waals surface area contributed by atoms with E-state index in [1.807, 2.05) is 36.4 Å². The lowest BCUT2D eigenvalue weighted by atomic mass is 9.98. The molecule has 9 nitrogen and oxygen atoms in total. The van der Waals surface area contributed by atoms with Gasteiger partial charge in [0.15, 0.2) is 6.10 Å². The molecule has 4 rings (SSSR count). The third kappa shape index (κ3) is 5.47. The summed E-state index contributed by atoms with van der Waals surface area (Å²) in [5, 5.41) is 14.3. The van der Waals surface area contributed by atoms with Gasteiger partial charge in [-0.3, -0.25) is 9.78 Å². The largest absolute Gasteiger partial charge is 0.478 e. The van der Waals surface area contributed by atoms with Gasteiger partial charge in [0.2, 0.25) is 0 Å². The molecule has 1 aromatic heterocycles. The molecule has 1 aliphatic carbocycles. The molecule has 35 heavy (non-hydrogen) atoms. The number of rotatable bonds is 9. The predicted molar refractivity (Wildman–Crippen MR) is 127 cm³/mol. The van der Waals surface area contributed by atoms with Gasteiger partial charge in [-0.15, -0.1) is 0 Å². The van der Waals surface area contributed by atoms with Gasteiger partial charge in [0.05, 0.1) is 24.3 Å². The monoisotopic (exact) mass is 475 g/mol. The number of fused-ring (bicyclic) bond motifs is 3. The number of hydrogen-bond acceptors (Lipinski definition) is 6. The first-order valence-corrected chi connectivity index (χ1v) is 11.1. The van der Waals surface area contributed by atoms with Gasteiger partial charge in [-0.1, -0.05) is 48.5 Å². The Morgan fingerprint density at radius 2 is 1.66 bits per heavy atom. The summed E-state index contributed by atoms with van der Waals surface area (Å²) in [6, 6.07) is 18.8. The maximum absolute atomic E-state index is 12.4. The number of aromatic carboxylic acids is 1. The minimum absolute atomic E-state index is 0.0186. The van der Waals surface area contributed by atoms with Gasteiger partial charge in [-0.25, -0.2) is 9.59 Å². The number of carboxylic acids is 1. The van der Waals surface area contributed by atoms with Gasteiger partial charge in [0.1, 0.15) is 6.61 Å². The summed E-state index contributed by atoms with van der Waals surface area (Å²) in [5.41, 5.74) is 4.95. The van der Waals surface area contributed by atoms with Crippen molar-refractivity contribution in [3.05, 3.63) is 89.2 Å². The van der Waals surface area contributed by atoms with Gasteiger partial charge in [0, 0.05) is 19.2 Å². The standard InChI is InChI=1S/C26H25N3O6/c1-34-23(24(30)28-13-17-12-16(25(31)32)10-11-27-17)14-29-26(33)35-15-22-20-8-4-2-6-18(20)19-7-3-5-9-21(19)22/h2-12,22-23H,13-15H2,1H3,(H,28,30)(H,29,33)(H,31,32). The van der Waals surface area contributed by atoms with Crippen molar-refractivity contribution in [1.29, 1.82) is 0 Å². The van der Waals surface area contributed by atoms with E-state index in [1.165, 1.54) is 25.4 Å². The maximum Gasteiger partial charge on any atom is 0.407 e. The smallest absolute Gasteiger partial charge is 0.407 e. The van der Waals surface area contributed by atoms with Crippen molar-refractivity contribution in [2.24, 2.45) is 0 Å². The van der Waals surface area contributed by atoms with Crippen LogP contribution in [-0.4, -0.2) is 54.4 Å². The average molecular weight is 476 g/mol. The van der Waals surface area contributed by atoms with E-state index in [1.54, 1.807) is 0 Å². The number of alkyl carbamates (subject to hydrolysis) is 1. The highest BCUT2D eigenvalue weighted by atomic mass is 16.5. The number of aromatic nitrogens is 1. The zero-order valence-electron chi connectivity index (χ0n) is 19.1. The van der Waals surface area contributed by atoms with E-state index in [0.717, 1.165) is 22.3 Å². The zero-order chi connectivity index (χ0) is 24.8. The molecular formula is C26H25N3O6. The number of nitrogens with one attached hydrogen (secondary N) is 2. The molecule has 2 amide bonds. The fraction of sp³-hybridized carbons (Fsp3) is 0.231. The first kappa shape index (κ1) is 23.9. The molecule has 0 spiro atoms. The molecule has 1 unspecified atom stereocenters. The van der Waals surface area contributed by atoms with Crippen LogP contribution >= 0.6 is 0 Å². The quantitative estimate of drug-likeness (QED) is 0.434. The van der Waals surface area contributed by atoms with Gasteiger partial charge in [-0.05, 0) is 34.4 Å². The van der Waals surface area contributed by atoms with Gasteiger partial charge < -0.3 is 25.2 Å². The molecule has 9 heteroatoms. The van der Waals surface area contributed by atoms with E-state index in [-0.39, 0.29) is 31.2 Å². The Bertz CT molecular complexity index is 1200. The summed E-state index contributed by atoms with van der Waals surface area (Å²) >= 11 is 0. The number of carbonyl (C=O) groups is 3. The maximum atomic E-state index is 12.4. The molecule has 0 fully saturated rings. The number of amides is 2. The second kappa shape index (κ2) is 10.8. The number of benzene rings is 2. The number of ether oxygens (including phenoxy) is 2. The Balaban J connectivity index is 1.28. The van der Waals surface area contributed by atoms with Crippen LogP contribution in [0.5, 0.6) is 0 Å². The Labute approximate surface area is 202 Å². The van der Waals surface area contributed by atoms with Crippen molar-refractivity contribution in [2.75, 3.05) is 20.3 Å². The molecule has 1 heterocycles. The molecule has 0 radical (unpaired) electrons. The van der Waals surface area contributed by atoms with Crippen LogP contribution in [0, 0.1) is 0 Å². The number of hydrogen-bond donors (Lipinski definition) is 3. The molecule has 3 aromatic rings. The van der Waals surface area contributed by atoms with Gasteiger partial charge >= 0.3 is 12.1 Å². The minimum atomic E-state index is -1.08. The van der Waals surface area contributed by atoms with Crippen LogP contribution in [0.2, 0.25) is 0 Å². The molecule has 2 aromatic carbocycles. The van der Waals surface area contributed by atoms with E-state index in [9.17, 15) is 14.4 Å². The molecule has 0 saturated heterocycles. The molecule has 0 aliphatic heterocycles. The summed E-state index contributed by atoms with van der Waals surface area (Å²) in [4.78, 5) is 39.9. The molecule has 180 valence electrons. The summed E-state index contributed by atoms with van der Waals surface area (Å²) in [6.45, 7) is 0.0850. The fourth-order valence-corrected chi connectivity index (χ4v) is 4.11. The highest BCUT2D eigenvalue weighted by molar-refractivity contribution is 5.87. The van der Waals surface area contributed by atoms with Gasteiger partial charge in [-0.2, -0.15) is 0 Å². The molecule has 1 atom stereocenters. The summed E-state index contributed by atoms with van der Waals surface area (Å²) in [6.07, 6.45) is -0.257. The van der Waals surface area contributed by atoms with Crippen LogP contribution in [-0.2, 0) is 20.8 Å². The van der Waals surface area contributed by atoms with Crippen LogP contribution in [0.25, 0.3) is 11.1 Å². The number of carbonyl (C=O) groups excluding carboxylic acids is 2. The highest BCUT2D eigenvalue weighted by Gasteiger charge is 2.29. The van der Waals surface area contributed by atoms with Crippen molar-refractivity contribution in [2.45, 2.75) is 18.6 Å². The van der Waals surface area contributed by atoms with E-state index >= 15 is 0 Å². The van der Waals surface area contributed by atoms with Crippen LogP contribution in [0.15, 0.2) is 66.9 Å². The van der Waals surface area contributed by atoms with Gasteiger partial charge in [0.25, 0.3) is 5.91 Å². The van der Waals surface area contributed by atoms with Crippen LogP contribution in [0.3, 0.4) is 0 Å². The molecule has 1 aliphatic rings. The van der Waals surface area contributed by atoms with Crippen molar-refractivity contribution in [3.8, 4) is 11.1 Å². The van der Waals surface area contributed by atoms with Crippen LogP contribution in [0.1, 0.15) is 33.1 Å². The van der Waals surface area contributed by atoms with E-state index < -0.39 is 24.1 Å². The number of nitrogens with zero attached hydrogens (tertiary/aromatic N) is 1. The van der Waals surface area contributed by atoms with E-state index in [4.69, 9.17) is 14.6 Å². The first-order chi connectivity index (χ1) is 17.0. The highest BCUT2D eigenvalue weighted by Crippen LogP contribution is 2.44. The number of methoxy groups -OCH3 is 1. The Morgan fingerprint density at radius 1 is 1.00 bits per heavy atom. The van der Waals surface area contributed by atoms with Crippen molar-refractivity contribution < 1.29 is 29.0 Å². The lowest BCUT2D eigenvalue weighted by molar-refractivity contribution is -0.130. The van der Waals surface area contributed by atoms with Crippen LogP contribution in [0.4, 0.5) is 4.79 Å². The zero-order valence-corrected chi connectivity index (χ0v) is 19.1. The third-order valence-corrected chi connectivity index (χ3v) is 5.86. The Kier molecular flexibility index (Phi) is 7.37. The molecule has 0 saturated carbocycles. The van der Waals surface area contributed by atoms with Crippen molar-refractivity contribution >= 4 is 18.0 Å².